The number of benzene rings is 2. The molecule has 0 radical (unpaired) electrons. The van der Waals surface area contributed by atoms with E-state index < -0.39 is 17.8 Å². The molecular formula is C17H15BrFNO3. The van der Waals surface area contributed by atoms with E-state index in [9.17, 15) is 14.0 Å². The maximum absolute atomic E-state index is 13.4. The van der Waals surface area contributed by atoms with Crippen molar-refractivity contribution in [2.75, 3.05) is 0 Å². The first-order valence-corrected chi connectivity index (χ1v) is 7.73. The molecule has 0 bridgehead atoms. The lowest BCUT2D eigenvalue weighted by Crippen LogP contribution is -2.39. The van der Waals surface area contributed by atoms with Gasteiger partial charge in [0.25, 0.3) is 5.91 Å². The highest BCUT2D eigenvalue weighted by molar-refractivity contribution is 9.10. The third kappa shape index (κ3) is 4.89. The van der Waals surface area contributed by atoms with Gasteiger partial charge in [0.05, 0.1) is 0 Å². The van der Waals surface area contributed by atoms with Gasteiger partial charge in [-0.25, -0.2) is 9.18 Å². The number of amides is 1. The molecule has 1 atom stereocenters. The summed E-state index contributed by atoms with van der Waals surface area (Å²) in [5.41, 5.74) is 0.717. The molecule has 0 aromatic heterocycles. The Hall–Kier alpha value is -2.21. The lowest BCUT2D eigenvalue weighted by molar-refractivity contribution is -0.146. The van der Waals surface area contributed by atoms with Gasteiger partial charge in [-0.15, -0.1) is 0 Å². The number of hydrogen-bond donors (Lipinski definition) is 1. The number of halogens is 2. The van der Waals surface area contributed by atoms with E-state index in [4.69, 9.17) is 4.74 Å². The molecule has 23 heavy (non-hydrogen) atoms. The van der Waals surface area contributed by atoms with Crippen LogP contribution in [0.2, 0.25) is 0 Å². The van der Waals surface area contributed by atoms with E-state index in [-0.39, 0.29) is 18.1 Å². The van der Waals surface area contributed by atoms with Crippen LogP contribution >= 0.6 is 15.9 Å². The van der Waals surface area contributed by atoms with Crippen LogP contribution in [0.4, 0.5) is 4.39 Å². The third-order valence-corrected chi connectivity index (χ3v) is 3.66. The normalized spacial score (nSPS) is 11.6. The van der Waals surface area contributed by atoms with Crippen LogP contribution in [0.15, 0.2) is 53.0 Å². The maximum Gasteiger partial charge on any atom is 0.328 e. The zero-order valence-corrected chi connectivity index (χ0v) is 14.0. The van der Waals surface area contributed by atoms with E-state index in [1.54, 1.807) is 36.4 Å². The van der Waals surface area contributed by atoms with Crippen molar-refractivity contribution in [1.82, 2.24) is 5.32 Å². The largest absolute Gasteiger partial charge is 0.459 e. The quantitative estimate of drug-likeness (QED) is 0.809. The van der Waals surface area contributed by atoms with Gasteiger partial charge in [0.2, 0.25) is 0 Å². The lowest BCUT2D eigenvalue weighted by atomic mass is 10.2. The Labute approximate surface area is 141 Å². The van der Waals surface area contributed by atoms with Crippen LogP contribution in [0.1, 0.15) is 22.8 Å². The third-order valence-electron chi connectivity index (χ3n) is 3.14. The van der Waals surface area contributed by atoms with Crippen LogP contribution in [0.3, 0.4) is 0 Å². The average molecular weight is 380 g/mol. The van der Waals surface area contributed by atoms with Gasteiger partial charge in [-0.05, 0) is 37.3 Å². The first-order valence-electron chi connectivity index (χ1n) is 6.94. The summed E-state index contributed by atoms with van der Waals surface area (Å²) in [5.74, 6) is -1.45. The second kappa shape index (κ2) is 7.87. The second-order valence-electron chi connectivity index (χ2n) is 4.90. The average Bonchev–Trinajstić information content (AvgIpc) is 2.54. The van der Waals surface area contributed by atoms with Crippen molar-refractivity contribution in [2.45, 2.75) is 19.6 Å². The molecule has 120 valence electrons. The van der Waals surface area contributed by atoms with Gasteiger partial charge in [0.15, 0.2) is 0 Å². The van der Waals surface area contributed by atoms with Crippen molar-refractivity contribution >= 4 is 27.8 Å². The minimum Gasteiger partial charge on any atom is -0.459 e. The van der Waals surface area contributed by atoms with E-state index in [1.165, 1.54) is 19.1 Å². The predicted molar refractivity (Wildman–Crippen MR) is 87.3 cm³/mol. The summed E-state index contributed by atoms with van der Waals surface area (Å²) in [7, 11) is 0. The zero-order valence-electron chi connectivity index (χ0n) is 12.4. The van der Waals surface area contributed by atoms with E-state index in [1.807, 2.05) is 0 Å². The number of rotatable bonds is 5. The van der Waals surface area contributed by atoms with Gasteiger partial charge in [0.1, 0.15) is 18.5 Å². The van der Waals surface area contributed by atoms with E-state index in [0.717, 1.165) is 4.47 Å². The van der Waals surface area contributed by atoms with E-state index in [2.05, 4.69) is 21.2 Å². The fraction of sp³-hybridized carbons (Fsp3) is 0.176. The van der Waals surface area contributed by atoms with Crippen molar-refractivity contribution in [3.63, 3.8) is 0 Å². The smallest absolute Gasteiger partial charge is 0.328 e. The van der Waals surface area contributed by atoms with E-state index in [0.29, 0.717) is 5.56 Å². The predicted octanol–water partition coefficient (Wildman–Crippen LogP) is 3.45. The molecule has 0 saturated heterocycles. The molecule has 2 aromatic carbocycles. The first kappa shape index (κ1) is 17.1. The summed E-state index contributed by atoms with van der Waals surface area (Å²) >= 11 is 3.28. The monoisotopic (exact) mass is 379 g/mol. The van der Waals surface area contributed by atoms with Crippen LogP contribution in [0, 0.1) is 5.82 Å². The highest BCUT2D eigenvalue weighted by Gasteiger charge is 2.18. The molecule has 2 aromatic rings. The molecule has 4 nitrogen and oxygen atoms in total. The molecule has 0 aliphatic rings. The van der Waals surface area contributed by atoms with E-state index >= 15 is 0 Å². The summed E-state index contributed by atoms with van der Waals surface area (Å²) in [6.07, 6.45) is 0. The summed E-state index contributed by atoms with van der Waals surface area (Å²) in [5, 5.41) is 2.54. The van der Waals surface area contributed by atoms with Crippen molar-refractivity contribution in [3.8, 4) is 0 Å². The van der Waals surface area contributed by atoms with Crippen LogP contribution in [0.5, 0.6) is 0 Å². The van der Waals surface area contributed by atoms with Crippen LogP contribution in [-0.4, -0.2) is 17.9 Å². The molecule has 0 heterocycles. The Kier molecular flexibility index (Phi) is 5.87. The standard InChI is InChI=1S/C17H15BrFNO3/c1-11(20-16(21)12-6-8-14(18)9-7-12)17(22)23-10-13-4-2-3-5-15(13)19/h2-9,11H,10H2,1H3,(H,20,21)/t11-/m0/s1. The molecule has 0 saturated carbocycles. The van der Waals surface area contributed by atoms with Crippen LogP contribution in [-0.2, 0) is 16.1 Å². The Bertz CT molecular complexity index is 703. The molecule has 2 rings (SSSR count). The molecule has 1 N–H and O–H groups in total. The number of ether oxygens (including phenoxy) is 1. The maximum atomic E-state index is 13.4. The van der Waals surface area contributed by atoms with Crippen molar-refractivity contribution in [1.29, 1.82) is 0 Å². The molecule has 0 fully saturated rings. The number of hydrogen-bond acceptors (Lipinski definition) is 3. The second-order valence-corrected chi connectivity index (χ2v) is 5.82. The fourth-order valence-electron chi connectivity index (χ4n) is 1.83. The summed E-state index contributed by atoms with van der Waals surface area (Å²) < 4.78 is 19.3. The minimum atomic E-state index is -0.835. The number of carbonyl (C=O) groups is 2. The SMILES string of the molecule is C[C@H](NC(=O)c1ccc(Br)cc1)C(=O)OCc1ccccc1F. The molecule has 0 aliphatic carbocycles. The van der Waals surface area contributed by atoms with Gasteiger partial charge in [-0.3, -0.25) is 4.79 Å². The molecule has 0 aliphatic heterocycles. The van der Waals surface area contributed by atoms with Crippen LogP contribution in [0.25, 0.3) is 0 Å². The zero-order chi connectivity index (χ0) is 16.8. The van der Waals surface area contributed by atoms with Gasteiger partial charge >= 0.3 is 5.97 Å². The number of esters is 1. The first-order chi connectivity index (χ1) is 11.0. The Morgan fingerprint density at radius 3 is 2.48 bits per heavy atom. The van der Waals surface area contributed by atoms with Gasteiger partial charge in [-0.2, -0.15) is 0 Å². The minimum absolute atomic E-state index is 0.177. The molecule has 0 spiro atoms. The molecular weight excluding hydrogens is 365 g/mol. The highest BCUT2D eigenvalue weighted by atomic mass is 79.9. The molecule has 6 heteroatoms. The molecule has 0 unspecified atom stereocenters. The topological polar surface area (TPSA) is 55.4 Å². The van der Waals surface area contributed by atoms with Crippen molar-refractivity contribution < 1.29 is 18.7 Å². The Balaban J connectivity index is 1.88. The van der Waals surface area contributed by atoms with Crippen molar-refractivity contribution in [2.24, 2.45) is 0 Å². The van der Waals surface area contributed by atoms with Gasteiger partial charge < -0.3 is 10.1 Å². The Morgan fingerprint density at radius 2 is 1.83 bits per heavy atom. The summed E-state index contributed by atoms with van der Waals surface area (Å²) in [6, 6.07) is 11.9. The highest BCUT2D eigenvalue weighted by Crippen LogP contribution is 2.11. The lowest BCUT2D eigenvalue weighted by Gasteiger charge is -2.13. The van der Waals surface area contributed by atoms with Gasteiger partial charge in [-0.1, -0.05) is 34.1 Å². The van der Waals surface area contributed by atoms with Crippen molar-refractivity contribution in [3.05, 3.63) is 69.9 Å². The number of nitrogens with one attached hydrogen (secondary N) is 1. The Morgan fingerprint density at radius 1 is 1.17 bits per heavy atom. The number of carbonyl (C=O) groups excluding carboxylic acids is 2. The summed E-state index contributed by atoms with van der Waals surface area (Å²) in [6.45, 7) is 1.34. The van der Waals surface area contributed by atoms with Crippen LogP contribution < -0.4 is 5.32 Å². The summed E-state index contributed by atoms with van der Waals surface area (Å²) in [4.78, 5) is 23.9. The molecule has 1 amide bonds. The van der Waals surface area contributed by atoms with Gasteiger partial charge in [0, 0.05) is 15.6 Å². The fourth-order valence-corrected chi connectivity index (χ4v) is 2.09.